The number of amides is 1. The van der Waals surface area contributed by atoms with E-state index in [-0.39, 0.29) is 17.5 Å². The smallest absolute Gasteiger partial charge is 0.220 e. The maximum absolute atomic E-state index is 11.6. The number of rotatable bonds is 4. The Morgan fingerprint density at radius 2 is 1.88 bits per heavy atom. The van der Waals surface area contributed by atoms with E-state index in [2.05, 4.69) is 5.32 Å². The molecule has 0 radical (unpaired) electrons. The zero-order valence-corrected chi connectivity index (χ0v) is 10.9. The average Bonchev–Trinajstić information content (AvgIpc) is 2.25. The Labute approximate surface area is 103 Å². The SMILES string of the molecule is CC(C)(C)NC(=O)CCC(N)c1ccccc1. The molecular weight excluding hydrogens is 212 g/mol. The summed E-state index contributed by atoms with van der Waals surface area (Å²) in [6, 6.07) is 9.80. The molecule has 1 aromatic carbocycles. The van der Waals surface area contributed by atoms with Crippen LogP contribution in [-0.4, -0.2) is 11.4 Å². The summed E-state index contributed by atoms with van der Waals surface area (Å²) in [5.41, 5.74) is 6.93. The number of hydrogen-bond donors (Lipinski definition) is 2. The molecule has 3 nitrogen and oxygen atoms in total. The largest absolute Gasteiger partial charge is 0.352 e. The third kappa shape index (κ3) is 5.50. The third-order valence-corrected chi connectivity index (χ3v) is 2.42. The molecule has 1 atom stereocenters. The number of nitrogens with two attached hydrogens (primary N) is 1. The fraction of sp³-hybridized carbons (Fsp3) is 0.500. The van der Waals surface area contributed by atoms with Crippen LogP contribution in [0.15, 0.2) is 30.3 Å². The first-order valence-electron chi connectivity index (χ1n) is 6.00. The van der Waals surface area contributed by atoms with Crippen LogP contribution >= 0.6 is 0 Å². The van der Waals surface area contributed by atoms with E-state index in [9.17, 15) is 4.79 Å². The quantitative estimate of drug-likeness (QED) is 0.840. The summed E-state index contributed by atoms with van der Waals surface area (Å²) < 4.78 is 0. The molecule has 0 saturated carbocycles. The summed E-state index contributed by atoms with van der Waals surface area (Å²) in [7, 11) is 0. The van der Waals surface area contributed by atoms with Gasteiger partial charge in [-0.25, -0.2) is 0 Å². The van der Waals surface area contributed by atoms with Crippen molar-refractivity contribution in [2.24, 2.45) is 5.73 Å². The van der Waals surface area contributed by atoms with Crippen LogP contribution in [0, 0.1) is 0 Å². The highest BCUT2D eigenvalue weighted by Gasteiger charge is 2.14. The predicted molar refractivity (Wildman–Crippen MR) is 70.5 cm³/mol. The normalized spacial score (nSPS) is 13.2. The molecule has 0 bridgehead atoms. The van der Waals surface area contributed by atoms with Crippen molar-refractivity contribution >= 4 is 5.91 Å². The number of nitrogens with one attached hydrogen (secondary N) is 1. The zero-order chi connectivity index (χ0) is 12.9. The van der Waals surface area contributed by atoms with E-state index in [4.69, 9.17) is 5.73 Å². The summed E-state index contributed by atoms with van der Waals surface area (Å²) in [5, 5.41) is 2.93. The Hall–Kier alpha value is -1.35. The van der Waals surface area contributed by atoms with Crippen LogP contribution in [0.1, 0.15) is 45.2 Å². The molecule has 17 heavy (non-hydrogen) atoms. The molecule has 1 amide bonds. The highest BCUT2D eigenvalue weighted by molar-refractivity contribution is 5.76. The van der Waals surface area contributed by atoms with Crippen LogP contribution in [0.4, 0.5) is 0 Å². The van der Waals surface area contributed by atoms with E-state index >= 15 is 0 Å². The second kappa shape index (κ2) is 5.82. The summed E-state index contributed by atoms with van der Waals surface area (Å²) in [6.45, 7) is 5.92. The maximum atomic E-state index is 11.6. The fourth-order valence-corrected chi connectivity index (χ4v) is 1.63. The van der Waals surface area contributed by atoms with E-state index in [0.717, 1.165) is 5.56 Å². The van der Waals surface area contributed by atoms with Crippen molar-refractivity contribution in [3.05, 3.63) is 35.9 Å². The van der Waals surface area contributed by atoms with Crippen LogP contribution in [0.5, 0.6) is 0 Å². The van der Waals surface area contributed by atoms with Crippen molar-refractivity contribution in [2.75, 3.05) is 0 Å². The molecule has 0 spiro atoms. The molecule has 0 fully saturated rings. The van der Waals surface area contributed by atoms with Gasteiger partial charge >= 0.3 is 0 Å². The molecule has 0 aliphatic carbocycles. The second-order valence-corrected chi connectivity index (χ2v) is 5.35. The van der Waals surface area contributed by atoms with Gasteiger partial charge in [0.05, 0.1) is 0 Å². The molecule has 0 aliphatic heterocycles. The summed E-state index contributed by atoms with van der Waals surface area (Å²) in [4.78, 5) is 11.6. The van der Waals surface area contributed by atoms with Crippen LogP contribution in [0.3, 0.4) is 0 Å². The number of carbonyl (C=O) groups is 1. The van der Waals surface area contributed by atoms with Crippen molar-refractivity contribution in [1.29, 1.82) is 0 Å². The first kappa shape index (κ1) is 13.7. The molecule has 3 N–H and O–H groups in total. The lowest BCUT2D eigenvalue weighted by molar-refractivity contribution is -0.122. The lowest BCUT2D eigenvalue weighted by Crippen LogP contribution is -2.40. The first-order chi connectivity index (χ1) is 7.88. The topological polar surface area (TPSA) is 55.1 Å². The summed E-state index contributed by atoms with van der Waals surface area (Å²) >= 11 is 0. The van der Waals surface area contributed by atoms with Crippen LogP contribution in [0.25, 0.3) is 0 Å². The van der Waals surface area contributed by atoms with Gasteiger partial charge in [0.25, 0.3) is 0 Å². The molecule has 1 rings (SSSR count). The van der Waals surface area contributed by atoms with E-state index < -0.39 is 0 Å². The first-order valence-corrected chi connectivity index (χ1v) is 6.00. The number of hydrogen-bond acceptors (Lipinski definition) is 2. The minimum absolute atomic E-state index is 0.0591. The summed E-state index contributed by atoms with van der Waals surface area (Å²) in [5.74, 6) is 0.0591. The van der Waals surface area contributed by atoms with Gasteiger partial charge < -0.3 is 11.1 Å². The Morgan fingerprint density at radius 3 is 2.41 bits per heavy atom. The van der Waals surface area contributed by atoms with Gasteiger partial charge in [-0.3, -0.25) is 4.79 Å². The highest BCUT2D eigenvalue weighted by Crippen LogP contribution is 2.15. The van der Waals surface area contributed by atoms with Crippen molar-refractivity contribution in [1.82, 2.24) is 5.32 Å². The van der Waals surface area contributed by atoms with Crippen molar-refractivity contribution < 1.29 is 4.79 Å². The molecule has 0 aliphatic rings. The Kier molecular flexibility index (Phi) is 4.70. The van der Waals surface area contributed by atoms with E-state index in [1.165, 1.54) is 0 Å². The Morgan fingerprint density at radius 1 is 1.29 bits per heavy atom. The molecule has 0 saturated heterocycles. The van der Waals surface area contributed by atoms with Gasteiger partial charge in [0.2, 0.25) is 5.91 Å². The predicted octanol–water partition coefficient (Wildman–Crippen LogP) is 2.38. The van der Waals surface area contributed by atoms with Gasteiger partial charge in [0, 0.05) is 18.0 Å². The van der Waals surface area contributed by atoms with Gasteiger partial charge in [-0.15, -0.1) is 0 Å². The lowest BCUT2D eigenvalue weighted by atomic mass is 10.0. The summed E-state index contributed by atoms with van der Waals surface area (Å²) in [6.07, 6.45) is 1.14. The van der Waals surface area contributed by atoms with Gasteiger partial charge in [-0.1, -0.05) is 30.3 Å². The van der Waals surface area contributed by atoms with Gasteiger partial charge in [0.15, 0.2) is 0 Å². The molecule has 94 valence electrons. The van der Waals surface area contributed by atoms with Crippen LogP contribution in [0.2, 0.25) is 0 Å². The Bertz CT molecular complexity index is 354. The van der Waals surface area contributed by atoms with Crippen molar-refractivity contribution in [3.8, 4) is 0 Å². The van der Waals surface area contributed by atoms with Gasteiger partial charge in [-0.05, 0) is 32.8 Å². The van der Waals surface area contributed by atoms with Crippen molar-refractivity contribution in [2.45, 2.75) is 45.2 Å². The highest BCUT2D eigenvalue weighted by atomic mass is 16.1. The maximum Gasteiger partial charge on any atom is 0.220 e. The van der Waals surface area contributed by atoms with Crippen molar-refractivity contribution in [3.63, 3.8) is 0 Å². The second-order valence-electron chi connectivity index (χ2n) is 5.35. The van der Waals surface area contributed by atoms with E-state index in [0.29, 0.717) is 12.8 Å². The average molecular weight is 234 g/mol. The van der Waals surface area contributed by atoms with Gasteiger partial charge in [0.1, 0.15) is 0 Å². The number of carbonyl (C=O) groups excluding carboxylic acids is 1. The van der Waals surface area contributed by atoms with Crippen LogP contribution in [-0.2, 0) is 4.79 Å². The Balaban J connectivity index is 2.39. The minimum atomic E-state index is -0.173. The van der Waals surface area contributed by atoms with E-state index in [1.807, 2.05) is 51.1 Å². The molecule has 0 aromatic heterocycles. The number of benzene rings is 1. The monoisotopic (exact) mass is 234 g/mol. The minimum Gasteiger partial charge on any atom is -0.352 e. The molecule has 1 unspecified atom stereocenters. The molecular formula is C14H22N2O. The zero-order valence-electron chi connectivity index (χ0n) is 10.9. The third-order valence-electron chi connectivity index (χ3n) is 2.42. The standard InChI is InChI=1S/C14H22N2O/c1-14(2,3)16-13(17)10-9-12(15)11-7-5-4-6-8-11/h4-8,12H,9-10,15H2,1-3H3,(H,16,17). The van der Waals surface area contributed by atoms with Crippen LogP contribution < -0.4 is 11.1 Å². The molecule has 1 aromatic rings. The lowest BCUT2D eigenvalue weighted by Gasteiger charge is -2.21. The van der Waals surface area contributed by atoms with Gasteiger partial charge in [-0.2, -0.15) is 0 Å². The molecule has 0 heterocycles. The fourth-order valence-electron chi connectivity index (χ4n) is 1.63. The van der Waals surface area contributed by atoms with E-state index in [1.54, 1.807) is 0 Å². The molecule has 3 heteroatoms.